The Hall–Kier alpha value is -2.45. The van der Waals surface area contributed by atoms with Crippen molar-refractivity contribution in [2.24, 2.45) is 7.05 Å². The summed E-state index contributed by atoms with van der Waals surface area (Å²) in [5, 5.41) is 13.4. The predicted molar refractivity (Wildman–Crippen MR) is 90.8 cm³/mol. The van der Waals surface area contributed by atoms with E-state index in [2.05, 4.69) is 20.7 Å². The number of anilines is 1. The number of furan rings is 1. The molecule has 3 aromatic heterocycles. The summed E-state index contributed by atoms with van der Waals surface area (Å²) in [5.41, 5.74) is 3.93. The zero-order valence-electron chi connectivity index (χ0n) is 13.2. The molecule has 1 amide bonds. The van der Waals surface area contributed by atoms with Crippen molar-refractivity contribution >= 4 is 23.1 Å². The van der Waals surface area contributed by atoms with Crippen molar-refractivity contribution in [3.63, 3.8) is 0 Å². The first-order valence-electron chi connectivity index (χ1n) is 7.73. The number of carbonyl (C=O) groups is 1. The lowest BCUT2D eigenvalue weighted by Crippen LogP contribution is -2.25. The normalized spacial score (nSPS) is 13.7. The van der Waals surface area contributed by atoms with Crippen LogP contribution in [0.25, 0.3) is 10.6 Å². The number of hydrogen-bond acceptors (Lipinski definition) is 6. The zero-order valence-corrected chi connectivity index (χ0v) is 14.0. The first kappa shape index (κ1) is 15.1. The van der Waals surface area contributed by atoms with E-state index >= 15 is 0 Å². The van der Waals surface area contributed by atoms with Gasteiger partial charge in [-0.1, -0.05) is 0 Å². The SMILES string of the molecule is Cn1nc(NC(=O)Cc2csc(-c3ccoc3)n2)c2c1CCNC2. The Labute approximate surface area is 142 Å². The van der Waals surface area contributed by atoms with Crippen LogP contribution in [0.3, 0.4) is 0 Å². The van der Waals surface area contributed by atoms with E-state index in [4.69, 9.17) is 4.42 Å². The molecule has 4 heterocycles. The van der Waals surface area contributed by atoms with E-state index < -0.39 is 0 Å². The van der Waals surface area contributed by atoms with E-state index in [1.54, 1.807) is 12.5 Å². The van der Waals surface area contributed by atoms with Crippen molar-refractivity contribution in [2.75, 3.05) is 11.9 Å². The molecule has 0 aromatic carbocycles. The summed E-state index contributed by atoms with van der Waals surface area (Å²) in [6.07, 6.45) is 4.42. The van der Waals surface area contributed by atoms with E-state index in [0.29, 0.717) is 5.82 Å². The maximum absolute atomic E-state index is 12.3. The number of amides is 1. The highest BCUT2D eigenvalue weighted by atomic mass is 32.1. The lowest BCUT2D eigenvalue weighted by molar-refractivity contribution is -0.115. The smallest absolute Gasteiger partial charge is 0.231 e. The largest absolute Gasteiger partial charge is 0.472 e. The van der Waals surface area contributed by atoms with Gasteiger partial charge < -0.3 is 15.1 Å². The molecule has 8 heteroatoms. The van der Waals surface area contributed by atoms with Gasteiger partial charge in [0.2, 0.25) is 5.91 Å². The number of fused-ring (bicyclic) bond motifs is 1. The van der Waals surface area contributed by atoms with Crippen molar-refractivity contribution in [1.29, 1.82) is 0 Å². The first-order chi connectivity index (χ1) is 11.7. The molecule has 0 saturated carbocycles. The number of rotatable bonds is 4. The van der Waals surface area contributed by atoms with E-state index in [1.807, 2.05) is 23.2 Å². The average Bonchev–Trinajstić information content (AvgIpc) is 3.29. The number of aryl methyl sites for hydroxylation is 1. The molecule has 0 aliphatic carbocycles. The third kappa shape index (κ3) is 2.85. The molecule has 1 aliphatic heterocycles. The lowest BCUT2D eigenvalue weighted by atomic mass is 10.1. The van der Waals surface area contributed by atoms with Crippen LogP contribution in [0.1, 0.15) is 17.0 Å². The molecule has 7 nitrogen and oxygen atoms in total. The Morgan fingerprint density at radius 3 is 3.29 bits per heavy atom. The average molecular weight is 343 g/mol. The van der Waals surface area contributed by atoms with E-state index in [-0.39, 0.29) is 12.3 Å². The summed E-state index contributed by atoms with van der Waals surface area (Å²) < 4.78 is 6.92. The number of aromatic nitrogens is 3. The highest BCUT2D eigenvalue weighted by Crippen LogP contribution is 2.25. The summed E-state index contributed by atoms with van der Waals surface area (Å²) in [5.74, 6) is 0.542. The van der Waals surface area contributed by atoms with Crippen LogP contribution in [0.5, 0.6) is 0 Å². The van der Waals surface area contributed by atoms with E-state index in [1.165, 1.54) is 17.0 Å². The lowest BCUT2D eigenvalue weighted by Gasteiger charge is -2.14. The molecule has 0 spiro atoms. The molecule has 0 radical (unpaired) electrons. The number of carbonyl (C=O) groups excluding carboxylic acids is 1. The van der Waals surface area contributed by atoms with Gasteiger partial charge in [0, 0.05) is 48.8 Å². The van der Waals surface area contributed by atoms with Crippen LogP contribution in [0.15, 0.2) is 28.4 Å². The Kier molecular flexibility index (Phi) is 3.91. The molecule has 0 atom stereocenters. The number of nitrogens with zero attached hydrogens (tertiary/aromatic N) is 3. The molecular formula is C16H17N5O2S. The van der Waals surface area contributed by atoms with Gasteiger partial charge in [0.05, 0.1) is 18.4 Å². The van der Waals surface area contributed by atoms with E-state index in [9.17, 15) is 4.79 Å². The topological polar surface area (TPSA) is 85.0 Å². The van der Waals surface area contributed by atoms with Crippen LogP contribution in [-0.2, 0) is 31.2 Å². The molecule has 2 N–H and O–H groups in total. The standard InChI is InChI=1S/C16H17N5O2S/c1-21-13-2-4-17-7-12(13)15(20-21)19-14(22)6-11-9-24-16(18-11)10-3-5-23-8-10/h3,5,8-9,17H,2,4,6-7H2,1H3,(H,19,20,22). The minimum atomic E-state index is -0.106. The second-order valence-electron chi connectivity index (χ2n) is 5.71. The number of thiazole rings is 1. The van der Waals surface area contributed by atoms with Crippen LogP contribution in [0.2, 0.25) is 0 Å². The van der Waals surface area contributed by atoms with Crippen molar-refractivity contribution < 1.29 is 9.21 Å². The first-order valence-corrected chi connectivity index (χ1v) is 8.61. The van der Waals surface area contributed by atoms with Crippen LogP contribution in [0.4, 0.5) is 5.82 Å². The Morgan fingerprint density at radius 2 is 2.46 bits per heavy atom. The van der Waals surface area contributed by atoms with E-state index in [0.717, 1.165) is 41.3 Å². The highest BCUT2D eigenvalue weighted by Gasteiger charge is 2.20. The molecular weight excluding hydrogens is 326 g/mol. The fourth-order valence-corrected chi connectivity index (χ4v) is 3.68. The molecule has 124 valence electrons. The van der Waals surface area contributed by atoms with Gasteiger partial charge >= 0.3 is 0 Å². The van der Waals surface area contributed by atoms with Crippen LogP contribution in [0, 0.1) is 0 Å². The molecule has 0 unspecified atom stereocenters. The summed E-state index contributed by atoms with van der Waals surface area (Å²) >= 11 is 1.50. The fraction of sp³-hybridized carbons (Fsp3) is 0.312. The third-order valence-electron chi connectivity index (χ3n) is 4.03. The second-order valence-corrected chi connectivity index (χ2v) is 6.56. The molecule has 1 aliphatic rings. The zero-order chi connectivity index (χ0) is 16.5. The van der Waals surface area contributed by atoms with Crippen molar-refractivity contribution in [1.82, 2.24) is 20.1 Å². The molecule has 4 rings (SSSR count). The second kappa shape index (κ2) is 6.21. The fourth-order valence-electron chi connectivity index (χ4n) is 2.87. The molecule has 0 bridgehead atoms. The number of hydrogen-bond donors (Lipinski definition) is 2. The van der Waals surface area contributed by atoms with Gasteiger partial charge in [0.25, 0.3) is 0 Å². The number of nitrogens with one attached hydrogen (secondary N) is 2. The summed E-state index contributed by atoms with van der Waals surface area (Å²) in [6.45, 7) is 1.68. The Morgan fingerprint density at radius 1 is 1.54 bits per heavy atom. The van der Waals surface area contributed by atoms with Gasteiger partial charge in [-0.15, -0.1) is 11.3 Å². The molecule has 0 saturated heterocycles. The van der Waals surface area contributed by atoms with Crippen LogP contribution >= 0.6 is 11.3 Å². The predicted octanol–water partition coefficient (Wildman–Crippen LogP) is 1.96. The van der Waals surface area contributed by atoms with Crippen molar-refractivity contribution in [3.8, 4) is 10.6 Å². The molecule has 0 fully saturated rings. The van der Waals surface area contributed by atoms with Gasteiger partial charge in [-0.3, -0.25) is 9.48 Å². The van der Waals surface area contributed by atoms with Gasteiger partial charge in [-0.2, -0.15) is 5.10 Å². The van der Waals surface area contributed by atoms with Gasteiger partial charge in [-0.25, -0.2) is 4.98 Å². The van der Waals surface area contributed by atoms with Gasteiger partial charge in [-0.05, 0) is 6.07 Å². The van der Waals surface area contributed by atoms with Crippen molar-refractivity contribution in [2.45, 2.75) is 19.4 Å². The Balaban J connectivity index is 1.46. The molecule has 24 heavy (non-hydrogen) atoms. The van der Waals surface area contributed by atoms with Gasteiger partial charge in [0.15, 0.2) is 5.82 Å². The quantitative estimate of drug-likeness (QED) is 0.756. The highest BCUT2D eigenvalue weighted by molar-refractivity contribution is 7.13. The van der Waals surface area contributed by atoms with Crippen LogP contribution < -0.4 is 10.6 Å². The summed E-state index contributed by atoms with van der Waals surface area (Å²) in [7, 11) is 1.91. The Bertz CT molecular complexity index is 865. The molecule has 3 aromatic rings. The van der Waals surface area contributed by atoms with Crippen molar-refractivity contribution in [3.05, 3.63) is 40.9 Å². The maximum atomic E-state index is 12.3. The minimum Gasteiger partial charge on any atom is -0.472 e. The maximum Gasteiger partial charge on any atom is 0.231 e. The summed E-state index contributed by atoms with van der Waals surface area (Å²) in [6, 6.07) is 1.86. The summed E-state index contributed by atoms with van der Waals surface area (Å²) in [4.78, 5) is 16.8. The van der Waals surface area contributed by atoms with Gasteiger partial charge in [0.1, 0.15) is 11.3 Å². The van der Waals surface area contributed by atoms with Crippen LogP contribution in [-0.4, -0.2) is 27.2 Å². The minimum absolute atomic E-state index is 0.106. The monoisotopic (exact) mass is 343 g/mol. The third-order valence-corrected chi connectivity index (χ3v) is 4.97.